The van der Waals surface area contributed by atoms with Gasteiger partial charge in [-0.05, 0) is 55.8 Å². The lowest BCUT2D eigenvalue weighted by atomic mass is 10.1. The van der Waals surface area contributed by atoms with Crippen LogP contribution in [0.4, 0.5) is 4.79 Å². The minimum absolute atomic E-state index is 0.0554. The number of carbonyl (C=O) groups is 2. The molecule has 1 aromatic carbocycles. The minimum Gasteiger partial charge on any atom is -0.504 e. The van der Waals surface area contributed by atoms with E-state index in [0.29, 0.717) is 28.2 Å². The number of amides is 2. The third-order valence-corrected chi connectivity index (χ3v) is 4.28. The van der Waals surface area contributed by atoms with Gasteiger partial charge in [0, 0.05) is 11.6 Å². The van der Waals surface area contributed by atoms with Crippen molar-refractivity contribution < 1.29 is 19.4 Å². The molecule has 0 radical (unpaired) electrons. The minimum atomic E-state index is -0.299. The summed E-state index contributed by atoms with van der Waals surface area (Å²) in [5, 5.41) is 9.82. The van der Waals surface area contributed by atoms with Gasteiger partial charge in [-0.1, -0.05) is 6.08 Å². The quantitative estimate of drug-likeness (QED) is 0.659. The second kappa shape index (κ2) is 6.91. The monoisotopic (exact) mass is 333 g/mol. The summed E-state index contributed by atoms with van der Waals surface area (Å²) in [6, 6.07) is 3.20. The highest BCUT2D eigenvalue weighted by Gasteiger charge is 2.36. The molecule has 0 atom stereocenters. The van der Waals surface area contributed by atoms with Crippen LogP contribution in [0.5, 0.6) is 11.5 Å². The highest BCUT2D eigenvalue weighted by molar-refractivity contribution is 8.18. The number of ether oxygens (including phenoxy) is 1. The van der Waals surface area contributed by atoms with E-state index in [0.717, 1.165) is 11.8 Å². The fourth-order valence-corrected chi connectivity index (χ4v) is 3.28. The van der Waals surface area contributed by atoms with Crippen molar-refractivity contribution >= 4 is 29.0 Å². The molecule has 0 aromatic heterocycles. The molecule has 1 heterocycles. The van der Waals surface area contributed by atoms with Gasteiger partial charge in [-0.2, -0.15) is 0 Å². The van der Waals surface area contributed by atoms with E-state index >= 15 is 0 Å². The molecule has 0 unspecified atom stereocenters. The lowest BCUT2D eigenvalue weighted by Crippen LogP contribution is -2.34. The van der Waals surface area contributed by atoms with Crippen molar-refractivity contribution in [2.45, 2.75) is 26.3 Å². The van der Waals surface area contributed by atoms with E-state index in [1.165, 1.54) is 12.0 Å². The lowest BCUT2D eigenvalue weighted by molar-refractivity contribution is -0.123. The molecule has 5 nitrogen and oxygen atoms in total. The van der Waals surface area contributed by atoms with Crippen molar-refractivity contribution in [1.82, 2.24) is 4.90 Å². The normalized spacial score (nSPS) is 16.5. The second-order valence-corrected chi connectivity index (χ2v) is 6.36. The smallest absolute Gasteiger partial charge is 0.293 e. The Hall–Kier alpha value is -2.21. The Labute approximate surface area is 139 Å². The zero-order valence-electron chi connectivity index (χ0n) is 13.3. The van der Waals surface area contributed by atoms with Crippen LogP contribution < -0.4 is 4.74 Å². The van der Waals surface area contributed by atoms with Crippen LogP contribution in [0.2, 0.25) is 0 Å². The summed E-state index contributed by atoms with van der Waals surface area (Å²) in [7, 11) is 1.46. The van der Waals surface area contributed by atoms with E-state index < -0.39 is 0 Å². The van der Waals surface area contributed by atoms with Crippen LogP contribution in [0.1, 0.15) is 25.0 Å². The molecule has 1 N–H and O–H groups in total. The Balaban J connectivity index is 2.43. The summed E-state index contributed by atoms with van der Waals surface area (Å²) in [6.07, 6.45) is 3.78. The summed E-state index contributed by atoms with van der Waals surface area (Å²) in [6.45, 7) is 7.25. The molecule has 1 saturated heterocycles. The van der Waals surface area contributed by atoms with Gasteiger partial charge in [0.25, 0.3) is 11.1 Å². The molecule has 0 aliphatic carbocycles. The molecule has 0 spiro atoms. The number of phenolic OH excluding ortho intramolecular Hbond substituents is 1. The highest BCUT2D eigenvalue weighted by Crippen LogP contribution is 2.36. The number of imide groups is 1. The molecule has 2 amide bonds. The van der Waals surface area contributed by atoms with Crippen LogP contribution in [0, 0.1) is 0 Å². The predicted molar refractivity (Wildman–Crippen MR) is 91.5 cm³/mol. The van der Waals surface area contributed by atoms with Crippen LogP contribution >= 0.6 is 11.8 Å². The topological polar surface area (TPSA) is 66.8 Å². The number of thioether (sulfide) groups is 1. The van der Waals surface area contributed by atoms with Crippen LogP contribution in [0.15, 0.2) is 29.7 Å². The molecule has 122 valence electrons. The van der Waals surface area contributed by atoms with Crippen molar-refractivity contribution in [3.63, 3.8) is 0 Å². The average molecular weight is 333 g/mol. The number of nitrogens with zero attached hydrogens (tertiary/aromatic N) is 1. The average Bonchev–Trinajstić information content (AvgIpc) is 2.76. The molecule has 2 rings (SSSR count). The van der Waals surface area contributed by atoms with Gasteiger partial charge in [-0.3, -0.25) is 14.5 Å². The van der Waals surface area contributed by atoms with Crippen molar-refractivity contribution in [1.29, 1.82) is 0 Å². The first kappa shape index (κ1) is 17.1. The molecule has 0 saturated carbocycles. The summed E-state index contributed by atoms with van der Waals surface area (Å²) in [4.78, 5) is 25.8. The number of methoxy groups -OCH3 is 1. The summed E-state index contributed by atoms with van der Waals surface area (Å²) in [5.74, 6) is 0.0748. The van der Waals surface area contributed by atoms with Gasteiger partial charge in [0.05, 0.1) is 12.0 Å². The number of allylic oxidation sites excluding steroid dienone is 1. The van der Waals surface area contributed by atoms with E-state index in [9.17, 15) is 14.7 Å². The maximum atomic E-state index is 12.3. The van der Waals surface area contributed by atoms with Crippen LogP contribution in [-0.4, -0.2) is 34.3 Å². The van der Waals surface area contributed by atoms with E-state index in [-0.39, 0.29) is 22.9 Å². The molecular formula is C17H19NO4S. The van der Waals surface area contributed by atoms with Gasteiger partial charge >= 0.3 is 0 Å². The number of aromatic hydroxyl groups is 1. The Morgan fingerprint density at radius 2 is 2.09 bits per heavy atom. The van der Waals surface area contributed by atoms with Gasteiger partial charge in [0.15, 0.2) is 11.5 Å². The standard InChI is InChI=1S/C17H19NO4S/c1-5-6-12-7-11(8-13(22-4)15(12)19)9-14-16(20)18(10(2)3)17(21)23-14/h5,7-10,19H,1,6H2,2-4H3/b14-9-. The first-order valence-corrected chi connectivity index (χ1v) is 7.98. The van der Waals surface area contributed by atoms with Gasteiger partial charge < -0.3 is 9.84 Å². The van der Waals surface area contributed by atoms with Crippen LogP contribution in [0.25, 0.3) is 6.08 Å². The van der Waals surface area contributed by atoms with Gasteiger partial charge in [-0.25, -0.2) is 0 Å². The third-order valence-electron chi connectivity index (χ3n) is 3.40. The summed E-state index contributed by atoms with van der Waals surface area (Å²) >= 11 is 0.917. The number of rotatable bonds is 5. The Morgan fingerprint density at radius 3 is 2.61 bits per heavy atom. The number of carbonyl (C=O) groups excluding carboxylic acids is 2. The maximum Gasteiger partial charge on any atom is 0.293 e. The van der Waals surface area contributed by atoms with E-state index in [1.54, 1.807) is 38.1 Å². The molecular weight excluding hydrogens is 314 g/mol. The van der Waals surface area contributed by atoms with E-state index in [2.05, 4.69) is 6.58 Å². The number of phenols is 1. The molecule has 1 aliphatic heterocycles. The fraction of sp³-hybridized carbons (Fsp3) is 0.294. The van der Waals surface area contributed by atoms with Crippen LogP contribution in [0.3, 0.4) is 0 Å². The predicted octanol–water partition coefficient (Wildman–Crippen LogP) is 3.57. The summed E-state index contributed by atoms with van der Waals surface area (Å²) in [5.41, 5.74) is 1.33. The zero-order valence-corrected chi connectivity index (χ0v) is 14.1. The lowest BCUT2D eigenvalue weighted by Gasteiger charge is -2.16. The number of hydrogen-bond acceptors (Lipinski definition) is 5. The number of hydrogen-bond donors (Lipinski definition) is 1. The zero-order chi connectivity index (χ0) is 17.1. The van der Waals surface area contributed by atoms with Crippen molar-refractivity contribution in [2.75, 3.05) is 7.11 Å². The van der Waals surface area contributed by atoms with Crippen molar-refractivity contribution in [3.05, 3.63) is 40.8 Å². The largest absolute Gasteiger partial charge is 0.504 e. The molecule has 6 heteroatoms. The molecule has 1 aromatic rings. The maximum absolute atomic E-state index is 12.3. The first-order valence-electron chi connectivity index (χ1n) is 7.16. The summed E-state index contributed by atoms with van der Waals surface area (Å²) < 4.78 is 5.16. The molecule has 23 heavy (non-hydrogen) atoms. The Morgan fingerprint density at radius 1 is 1.39 bits per heavy atom. The molecule has 1 aliphatic rings. The third kappa shape index (κ3) is 3.42. The molecule has 1 fully saturated rings. The van der Waals surface area contributed by atoms with Gasteiger partial charge in [0.2, 0.25) is 0 Å². The van der Waals surface area contributed by atoms with E-state index in [1.807, 2.05) is 0 Å². The Bertz CT molecular complexity index is 694. The highest BCUT2D eigenvalue weighted by atomic mass is 32.2. The van der Waals surface area contributed by atoms with Gasteiger partial charge in [-0.15, -0.1) is 6.58 Å². The fourth-order valence-electron chi connectivity index (χ4n) is 2.32. The van der Waals surface area contributed by atoms with Crippen molar-refractivity contribution in [3.8, 4) is 11.5 Å². The Kier molecular flexibility index (Phi) is 5.15. The molecule has 0 bridgehead atoms. The van der Waals surface area contributed by atoms with Gasteiger partial charge in [0.1, 0.15) is 0 Å². The second-order valence-electron chi connectivity index (χ2n) is 5.37. The van der Waals surface area contributed by atoms with Crippen LogP contribution in [-0.2, 0) is 11.2 Å². The number of benzene rings is 1. The first-order chi connectivity index (χ1) is 10.9. The van der Waals surface area contributed by atoms with E-state index in [4.69, 9.17) is 4.74 Å². The van der Waals surface area contributed by atoms with Crippen molar-refractivity contribution in [2.24, 2.45) is 0 Å². The SMILES string of the molecule is C=CCc1cc(/C=C2\SC(=O)N(C(C)C)C2=O)cc(OC)c1O.